The van der Waals surface area contributed by atoms with E-state index in [0.29, 0.717) is 5.92 Å². The lowest BCUT2D eigenvalue weighted by atomic mass is 10.2. The van der Waals surface area contributed by atoms with Crippen LogP contribution >= 0.6 is 0 Å². The summed E-state index contributed by atoms with van der Waals surface area (Å²) >= 11 is 0. The van der Waals surface area contributed by atoms with Gasteiger partial charge in [0.05, 0.1) is 18.8 Å². The van der Waals surface area contributed by atoms with Gasteiger partial charge in [0.1, 0.15) is 0 Å². The first-order valence-electron chi connectivity index (χ1n) is 5.88. The molecule has 0 saturated heterocycles. The Labute approximate surface area is 98.0 Å². The van der Waals surface area contributed by atoms with Gasteiger partial charge in [0, 0.05) is 24.9 Å². The average Bonchev–Trinajstić information content (AvgIpc) is 2.55. The number of hydrogen-bond acceptors (Lipinski definition) is 3. The predicted molar refractivity (Wildman–Crippen MR) is 65.4 cm³/mol. The second-order valence-corrected chi connectivity index (χ2v) is 4.50. The molecule has 0 amide bonds. The fourth-order valence-electron chi connectivity index (χ4n) is 1.51. The third-order valence-corrected chi connectivity index (χ3v) is 2.33. The van der Waals surface area contributed by atoms with Crippen molar-refractivity contribution in [2.45, 2.75) is 33.9 Å². The molecule has 4 heteroatoms. The summed E-state index contributed by atoms with van der Waals surface area (Å²) in [7, 11) is 1.95. The van der Waals surface area contributed by atoms with Gasteiger partial charge in [0.25, 0.3) is 0 Å². The first-order chi connectivity index (χ1) is 7.63. The minimum absolute atomic E-state index is 0.596. The summed E-state index contributed by atoms with van der Waals surface area (Å²) in [6, 6.07) is 0. The first-order valence-corrected chi connectivity index (χ1v) is 5.88. The van der Waals surface area contributed by atoms with E-state index in [1.54, 1.807) is 0 Å². The van der Waals surface area contributed by atoms with Gasteiger partial charge in [-0.15, -0.1) is 0 Å². The Morgan fingerprint density at radius 2 is 2.25 bits per heavy atom. The van der Waals surface area contributed by atoms with Gasteiger partial charge in [0.15, 0.2) is 0 Å². The Morgan fingerprint density at radius 3 is 2.88 bits per heavy atom. The van der Waals surface area contributed by atoms with E-state index in [9.17, 15) is 0 Å². The molecule has 0 bridgehead atoms. The highest BCUT2D eigenvalue weighted by molar-refractivity contribution is 5.14. The predicted octanol–water partition coefficient (Wildman–Crippen LogP) is 1.58. The molecule has 1 aromatic rings. The van der Waals surface area contributed by atoms with Crippen LogP contribution in [0.15, 0.2) is 6.20 Å². The van der Waals surface area contributed by atoms with Gasteiger partial charge >= 0.3 is 0 Å². The molecule has 0 saturated carbocycles. The Kier molecular flexibility index (Phi) is 5.49. The number of ether oxygens (including phenoxy) is 1. The molecule has 16 heavy (non-hydrogen) atoms. The Hall–Kier alpha value is -0.870. The summed E-state index contributed by atoms with van der Waals surface area (Å²) in [5.74, 6) is 0.596. The van der Waals surface area contributed by atoms with Crippen molar-refractivity contribution in [3.8, 4) is 0 Å². The largest absolute Gasteiger partial charge is 0.379 e. The molecule has 0 radical (unpaired) electrons. The Balaban J connectivity index is 2.34. The molecule has 1 heterocycles. The standard InChI is InChI=1S/C12H23N3O/c1-10(2)9-16-6-5-15-8-12(7-13-4)11(3)14-15/h8,10,13H,5-7,9H2,1-4H3. The van der Waals surface area contributed by atoms with Gasteiger partial charge < -0.3 is 10.1 Å². The van der Waals surface area contributed by atoms with E-state index < -0.39 is 0 Å². The van der Waals surface area contributed by atoms with Crippen molar-refractivity contribution in [2.24, 2.45) is 5.92 Å². The average molecular weight is 225 g/mol. The molecule has 4 nitrogen and oxygen atoms in total. The van der Waals surface area contributed by atoms with Crippen molar-refractivity contribution in [3.05, 3.63) is 17.5 Å². The number of nitrogens with zero attached hydrogens (tertiary/aromatic N) is 2. The van der Waals surface area contributed by atoms with Gasteiger partial charge in [-0.25, -0.2) is 0 Å². The maximum atomic E-state index is 5.53. The van der Waals surface area contributed by atoms with Crippen LogP contribution in [-0.2, 0) is 17.8 Å². The smallest absolute Gasteiger partial charge is 0.0662 e. The van der Waals surface area contributed by atoms with Crippen molar-refractivity contribution in [1.82, 2.24) is 15.1 Å². The molecule has 1 N–H and O–H groups in total. The molecule has 1 aromatic heterocycles. The van der Waals surface area contributed by atoms with Crippen LogP contribution in [0.3, 0.4) is 0 Å². The summed E-state index contributed by atoms with van der Waals surface area (Å²) in [4.78, 5) is 0. The lowest BCUT2D eigenvalue weighted by molar-refractivity contribution is 0.101. The fraction of sp³-hybridized carbons (Fsp3) is 0.750. The molecule has 92 valence electrons. The molecule has 0 aliphatic heterocycles. The van der Waals surface area contributed by atoms with Crippen LogP contribution in [0.2, 0.25) is 0 Å². The molecule has 0 aliphatic rings. The van der Waals surface area contributed by atoms with Crippen molar-refractivity contribution >= 4 is 0 Å². The maximum absolute atomic E-state index is 5.53. The van der Waals surface area contributed by atoms with E-state index in [4.69, 9.17) is 4.74 Å². The molecule has 0 atom stereocenters. The SMILES string of the molecule is CNCc1cn(CCOCC(C)C)nc1C. The van der Waals surface area contributed by atoms with Gasteiger partial charge in [-0.05, 0) is 19.9 Å². The van der Waals surface area contributed by atoms with E-state index >= 15 is 0 Å². The highest BCUT2D eigenvalue weighted by Gasteiger charge is 2.03. The lowest BCUT2D eigenvalue weighted by Crippen LogP contribution is -2.10. The molecule has 0 aromatic carbocycles. The van der Waals surface area contributed by atoms with Crippen LogP contribution in [0.4, 0.5) is 0 Å². The fourth-order valence-corrected chi connectivity index (χ4v) is 1.51. The van der Waals surface area contributed by atoms with E-state index in [2.05, 4.69) is 30.5 Å². The number of hydrogen-bond donors (Lipinski definition) is 1. The minimum Gasteiger partial charge on any atom is -0.379 e. The van der Waals surface area contributed by atoms with E-state index in [-0.39, 0.29) is 0 Å². The van der Waals surface area contributed by atoms with Crippen LogP contribution in [0.5, 0.6) is 0 Å². The van der Waals surface area contributed by atoms with Gasteiger partial charge in [0.2, 0.25) is 0 Å². The highest BCUT2D eigenvalue weighted by Crippen LogP contribution is 2.04. The summed E-state index contributed by atoms with van der Waals surface area (Å²) in [5.41, 5.74) is 2.35. The molecule has 0 aliphatic carbocycles. The molecule has 0 unspecified atom stereocenters. The van der Waals surface area contributed by atoms with E-state index in [1.165, 1.54) is 5.56 Å². The van der Waals surface area contributed by atoms with Crippen molar-refractivity contribution < 1.29 is 4.74 Å². The number of aromatic nitrogens is 2. The van der Waals surface area contributed by atoms with Crippen LogP contribution in [-0.4, -0.2) is 30.0 Å². The second kappa shape index (κ2) is 6.66. The number of rotatable bonds is 7. The highest BCUT2D eigenvalue weighted by atomic mass is 16.5. The summed E-state index contributed by atoms with van der Waals surface area (Å²) in [6.07, 6.45) is 2.09. The second-order valence-electron chi connectivity index (χ2n) is 4.50. The van der Waals surface area contributed by atoms with Crippen LogP contribution in [0.1, 0.15) is 25.1 Å². The number of nitrogens with one attached hydrogen (secondary N) is 1. The van der Waals surface area contributed by atoms with Gasteiger partial charge in [-0.1, -0.05) is 13.8 Å². The topological polar surface area (TPSA) is 39.1 Å². The van der Waals surface area contributed by atoms with Crippen LogP contribution in [0.25, 0.3) is 0 Å². The zero-order valence-corrected chi connectivity index (χ0v) is 10.8. The van der Waals surface area contributed by atoms with Crippen molar-refractivity contribution in [2.75, 3.05) is 20.3 Å². The zero-order chi connectivity index (χ0) is 12.0. The summed E-state index contributed by atoms with van der Waals surface area (Å²) < 4.78 is 7.49. The maximum Gasteiger partial charge on any atom is 0.0662 e. The monoisotopic (exact) mass is 225 g/mol. The van der Waals surface area contributed by atoms with E-state index in [0.717, 1.165) is 32.0 Å². The third-order valence-electron chi connectivity index (χ3n) is 2.33. The van der Waals surface area contributed by atoms with Crippen LogP contribution < -0.4 is 5.32 Å². The van der Waals surface area contributed by atoms with Gasteiger partial charge in [-0.3, -0.25) is 4.68 Å². The van der Waals surface area contributed by atoms with E-state index in [1.807, 2.05) is 18.7 Å². The number of aryl methyl sites for hydroxylation is 1. The molecule has 0 spiro atoms. The lowest BCUT2D eigenvalue weighted by Gasteiger charge is -2.06. The minimum atomic E-state index is 0.596. The Morgan fingerprint density at radius 1 is 1.50 bits per heavy atom. The summed E-state index contributed by atoms with van der Waals surface area (Å²) in [6.45, 7) is 9.61. The molecular weight excluding hydrogens is 202 g/mol. The van der Waals surface area contributed by atoms with Gasteiger partial charge in [-0.2, -0.15) is 5.10 Å². The Bertz CT molecular complexity index is 307. The zero-order valence-electron chi connectivity index (χ0n) is 10.8. The summed E-state index contributed by atoms with van der Waals surface area (Å²) in [5, 5.41) is 7.58. The molecule has 1 rings (SSSR count). The molecule has 0 fully saturated rings. The van der Waals surface area contributed by atoms with Crippen LogP contribution in [0, 0.1) is 12.8 Å². The van der Waals surface area contributed by atoms with Crippen molar-refractivity contribution in [3.63, 3.8) is 0 Å². The van der Waals surface area contributed by atoms with Crippen molar-refractivity contribution in [1.29, 1.82) is 0 Å². The molecular formula is C12H23N3O. The normalized spacial score (nSPS) is 11.3. The quantitative estimate of drug-likeness (QED) is 0.716. The first kappa shape index (κ1) is 13.2. The third kappa shape index (κ3) is 4.33.